The van der Waals surface area contributed by atoms with Gasteiger partial charge in [0.2, 0.25) is 0 Å². The second-order valence-corrected chi connectivity index (χ2v) is 8.88. The van der Waals surface area contributed by atoms with Crippen LogP contribution in [0.1, 0.15) is 130 Å². The summed E-state index contributed by atoms with van der Waals surface area (Å²) in [5.41, 5.74) is 0. The van der Waals surface area contributed by atoms with Crippen LogP contribution in [0.5, 0.6) is 0 Å². The molecule has 0 amide bonds. The number of esters is 1. The molecule has 0 N–H and O–H groups in total. The van der Waals surface area contributed by atoms with E-state index in [0.29, 0.717) is 12.6 Å². The number of unbranched alkanes of at least 4 members (excludes halogenated alkanes) is 12. The van der Waals surface area contributed by atoms with Crippen LogP contribution in [0, 0.1) is 0 Å². The third kappa shape index (κ3) is 18.0. The van der Waals surface area contributed by atoms with Gasteiger partial charge in [0.1, 0.15) is 0 Å². The minimum Gasteiger partial charge on any atom is -0.462 e. The van der Waals surface area contributed by atoms with Crippen molar-refractivity contribution in [2.24, 2.45) is 0 Å². The summed E-state index contributed by atoms with van der Waals surface area (Å²) in [4.78, 5) is 14.1. The van der Waals surface area contributed by atoms with Gasteiger partial charge in [-0.15, -0.1) is 0 Å². The average molecular weight is 424 g/mol. The molecule has 0 spiro atoms. The first-order valence-electron chi connectivity index (χ1n) is 13.2. The number of hydrogen-bond acceptors (Lipinski definition) is 3. The number of carbonyl (C=O) groups is 1. The van der Waals surface area contributed by atoms with Crippen molar-refractivity contribution in [2.45, 2.75) is 136 Å². The molecule has 0 saturated carbocycles. The summed E-state index contributed by atoms with van der Waals surface area (Å²) in [6.07, 6.45) is 23.7. The van der Waals surface area contributed by atoms with E-state index >= 15 is 0 Å². The Bertz CT molecular complexity index is 375. The molecule has 0 heterocycles. The van der Waals surface area contributed by atoms with Crippen LogP contribution in [0.2, 0.25) is 0 Å². The minimum atomic E-state index is -0.294. The molecule has 0 aromatic rings. The Hall–Kier alpha value is -0.830. The highest BCUT2D eigenvalue weighted by Crippen LogP contribution is 2.18. The van der Waals surface area contributed by atoms with Gasteiger partial charge in [0.25, 0.3) is 0 Å². The molecule has 0 radical (unpaired) electrons. The average Bonchev–Trinajstić information content (AvgIpc) is 2.76. The van der Waals surface area contributed by atoms with E-state index in [2.05, 4.69) is 32.3 Å². The second kappa shape index (κ2) is 22.8. The van der Waals surface area contributed by atoms with E-state index in [1.54, 1.807) is 0 Å². The molecule has 178 valence electrons. The highest BCUT2D eigenvalue weighted by molar-refractivity contribution is 5.81. The summed E-state index contributed by atoms with van der Waals surface area (Å²) in [7, 11) is 0. The van der Waals surface area contributed by atoms with Crippen molar-refractivity contribution in [3.05, 3.63) is 12.7 Å². The largest absolute Gasteiger partial charge is 0.462 e. The van der Waals surface area contributed by atoms with Crippen LogP contribution in [-0.2, 0) is 9.53 Å². The molecule has 0 bridgehead atoms. The van der Waals surface area contributed by atoms with E-state index < -0.39 is 0 Å². The van der Waals surface area contributed by atoms with Gasteiger partial charge in [-0.3, -0.25) is 0 Å². The summed E-state index contributed by atoms with van der Waals surface area (Å²) in [6, 6.07) is 0.541. The van der Waals surface area contributed by atoms with Crippen LogP contribution in [0.4, 0.5) is 0 Å². The van der Waals surface area contributed by atoms with Gasteiger partial charge in [0.15, 0.2) is 0 Å². The fourth-order valence-corrected chi connectivity index (χ4v) is 4.11. The predicted octanol–water partition coefficient (Wildman–Crippen LogP) is 8.08. The SMILES string of the molecule is C=CC(=O)OCCC(CCCCCCCCCCCCC)N(CCCC)CCCC. The lowest BCUT2D eigenvalue weighted by atomic mass is 10.0. The standard InChI is InChI=1S/C27H53NO2/c1-5-9-12-13-14-15-16-17-18-19-20-21-26(22-25-30-27(29)8-4)28(23-10-6-2)24-11-7-3/h8,26H,4-7,9-25H2,1-3H3. The second-order valence-electron chi connectivity index (χ2n) is 8.88. The van der Waals surface area contributed by atoms with Crippen molar-refractivity contribution in [1.82, 2.24) is 4.90 Å². The predicted molar refractivity (Wildman–Crippen MR) is 132 cm³/mol. The van der Waals surface area contributed by atoms with Gasteiger partial charge < -0.3 is 9.64 Å². The molecule has 0 saturated heterocycles. The molecule has 0 rings (SSSR count). The van der Waals surface area contributed by atoms with Crippen LogP contribution in [-0.4, -0.2) is 36.6 Å². The van der Waals surface area contributed by atoms with Crippen LogP contribution in [0.3, 0.4) is 0 Å². The van der Waals surface area contributed by atoms with Crippen molar-refractivity contribution >= 4 is 5.97 Å². The van der Waals surface area contributed by atoms with Gasteiger partial charge in [-0.1, -0.05) is 111 Å². The van der Waals surface area contributed by atoms with Crippen LogP contribution < -0.4 is 0 Å². The van der Waals surface area contributed by atoms with E-state index in [9.17, 15) is 4.79 Å². The quantitative estimate of drug-likeness (QED) is 0.0945. The zero-order valence-electron chi connectivity index (χ0n) is 20.8. The Balaban J connectivity index is 4.20. The van der Waals surface area contributed by atoms with Crippen molar-refractivity contribution < 1.29 is 9.53 Å². The molecule has 0 aliphatic rings. The summed E-state index contributed by atoms with van der Waals surface area (Å²) in [5.74, 6) is -0.294. The van der Waals surface area contributed by atoms with E-state index in [0.717, 1.165) is 6.42 Å². The van der Waals surface area contributed by atoms with Gasteiger partial charge in [0.05, 0.1) is 6.61 Å². The number of rotatable bonds is 23. The zero-order valence-corrected chi connectivity index (χ0v) is 20.8. The summed E-state index contributed by atoms with van der Waals surface area (Å²) in [6.45, 7) is 13.2. The van der Waals surface area contributed by atoms with Crippen LogP contribution >= 0.6 is 0 Å². The molecular weight excluding hydrogens is 370 g/mol. The van der Waals surface area contributed by atoms with Crippen LogP contribution in [0.15, 0.2) is 12.7 Å². The number of nitrogens with zero attached hydrogens (tertiary/aromatic N) is 1. The first-order valence-corrected chi connectivity index (χ1v) is 13.2. The highest BCUT2D eigenvalue weighted by atomic mass is 16.5. The molecule has 0 fully saturated rings. The maximum absolute atomic E-state index is 11.4. The Labute approximate surface area is 189 Å². The van der Waals surface area contributed by atoms with Gasteiger partial charge >= 0.3 is 5.97 Å². The number of hydrogen-bond donors (Lipinski definition) is 0. The molecule has 3 nitrogen and oxygen atoms in total. The van der Waals surface area contributed by atoms with E-state index in [4.69, 9.17) is 4.74 Å². The third-order valence-corrected chi connectivity index (χ3v) is 6.12. The zero-order chi connectivity index (χ0) is 22.3. The van der Waals surface area contributed by atoms with Gasteiger partial charge in [0, 0.05) is 12.1 Å². The highest BCUT2D eigenvalue weighted by Gasteiger charge is 2.18. The van der Waals surface area contributed by atoms with E-state index in [1.165, 1.54) is 122 Å². The minimum absolute atomic E-state index is 0.294. The van der Waals surface area contributed by atoms with Gasteiger partial charge in [-0.05, 0) is 38.8 Å². The van der Waals surface area contributed by atoms with Crippen LogP contribution in [0.25, 0.3) is 0 Å². The summed E-state index contributed by atoms with van der Waals surface area (Å²) < 4.78 is 5.30. The third-order valence-electron chi connectivity index (χ3n) is 6.12. The van der Waals surface area contributed by atoms with Crippen molar-refractivity contribution in [3.8, 4) is 0 Å². The first-order chi connectivity index (χ1) is 14.7. The monoisotopic (exact) mass is 423 g/mol. The molecule has 3 heteroatoms. The van der Waals surface area contributed by atoms with E-state index in [-0.39, 0.29) is 5.97 Å². The van der Waals surface area contributed by atoms with Crippen molar-refractivity contribution in [1.29, 1.82) is 0 Å². The lowest BCUT2D eigenvalue weighted by molar-refractivity contribution is -0.138. The molecule has 30 heavy (non-hydrogen) atoms. The van der Waals surface area contributed by atoms with E-state index in [1.807, 2.05) is 0 Å². The normalized spacial score (nSPS) is 12.3. The molecule has 1 atom stereocenters. The molecule has 0 aromatic carbocycles. The molecule has 0 aromatic heterocycles. The lowest BCUT2D eigenvalue weighted by Gasteiger charge is -2.32. The van der Waals surface area contributed by atoms with Crippen molar-refractivity contribution in [3.63, 3.8) is 0 Å². The maximum atomic E-state index is 11.4. The summed E-state index contributed by atoms with van der Waals surface area (Å²) >= 11 is 0. The fraction of sp³-hybridized carbons (Fsp3) is 0.889. The molecular formula is C27H53NO2. The Morgan fingerprint density at radius 1 is 0.733 bits per heavy atom. The Morgan fingerprint density at radius 2 is 1.20 bits per heavy atom. The smallest absolute Gasteiger partial charge is 0.330 e. The molecule has 0 aliphatic heterocycles. The fourth-order valence-electron chi connectivity index (χ4n) is 4.11. The van der Waals surface area contributed by atoms with Crippen molar-refractivity contribution in [2.75, 3.05) is 19.7 Å². The Morgan fingerprint density at radius 3 is 1.67 bits per heavy atom. The number of carbonyl (C=O) groups excluding carboxylic acids is 1. The van der Waals surface area contributed by atoms with Gasteiger partial charge in [-0.25, -0.2) is 4.79 Å². The molecule has 1 unspecified atom stereocenters. The Kier molecular flexibility index (Phi) is 22.2. The number of ether oxygens (including phenoxy) is 1. The van der Waals surface area contributed by atoms with Gasteiger partial charge in [-0.2, -0.15) is 0 Å². The maximum Gasteiger partial charge on any atom is 0.330 e. The summed E-state index contributed by atoms with van der Waals surface area (Å²) in [5, 5.41) is 0. The molecule has 0 aliphatic carbocycles. The topological polar surface area (TPSA) is 29.5 Å². The first kappa shape index (κ1) is 29.2. The lowest BCUT2D eigenvalue weighted by Crippen LogP contribution is -2.38.